The van der Waals surface area contributed by atoms with Crippen LogP contribution in [0.3, 0.4) is 0 Å². The van der Waals surface area contributed by atoms with E-state index in [0.717, 1.165) is 12.0 Å². The molecule has 2 atom stereocenters. The second kappa shape index (κ2) is 9.41. The van der Waals surface area contributed by atoms with Gasteiger partial charge in [0.05, 0.1) is 6.61 Å². The van der Waals surface area contributed by atoms with Crippen molar-refractivity contribution in [1.29, 1.82) is 0 Å². The van der Waals surface area contributed by atoms with Crippen LogP contribution in [0.15, 0.2) is 42.5 Å². The first kappa shape index (κ1) is 23.1. The number of ether oxygens (including phenoxy) is 2. The summed E-state index contributed by atoms with van der Waals surface area (Å²) in [5, 5.41) is 0. The Balaban J connectivity index is 1.67. The zero-order valence-electron chi connectivity index (χ0n) is 18.2. The smallest absolute Gasteiger partial charge is 0.171 e. The van der Waals surface area contributed by atoms with Crippen molar-refractivity contribution >= 4 is 0 Å². The molecule has 0 saturated carbocycles. The molecule has 2 unspecified atom stereocenters. The van der Waals surface area contributed by atoms with Crippen molar-refractivity contribution in [2.45, 2.75) is 45.6 Å². The molecule has 1 aliphatic carbocycles. The molecule has 2 nitrogen and oxygen atoms in total. The second-order valence-corrected chi connectivity index (χ2v) is 7.88. The van der Waals surface area contributed by atoms with E-state index in [1.54, 1.807) is 13.0 Å². The molecule has 33 heavy (non-hydrogen) atoms. The Morgan fingerprint density at radius 1 is 0.758 bits per heavy atom. The van der Waals surface area contributed by atoms with Gasteiger partial charge in [0.1, 0.15) is 12.4 Å². The summed E-state index contributed by atoms with van der Waals surface area (Å²) in [5.41, 5.74) is -0.108. The van der Waals surface area contributed by atoms with Crippen molar-refractivity contribution in [2.75, 3.05) is 6.61 Å². The summed E-state index contributed by atoms with van der Waals surface area (Å²) in [6.45, 7) is 3.40. The highest BCUT2D eigenvalue weighted by molar-refractivity contribution is 5.76. The molecule has 0 bridgehead atoms. The number of halogens is 5. The number of aryl methyl sites for hydroxylation is 1. The maximum Gasteiger partial charge on any atom is 0.171 e. The van der Waals surface area contributed by atoms with Crippen molar-refractivity contribution < 1.29 is 31.4 Å². The van der Waals surface area contributed by atoms with Gasteiger partial charge in [-0.25, -0.2) is 22.0 Å². The van der Waals surface area contributed by atoms with Gasteiger partial charge in [-0.15, -0.1) is 0 Å². The van der Waals surface area contributed by atoms with Gasteiger partial charge in [0.25, 0.3) is 0 Å². The van der Waals surface area contributed by atoms with E-state index in [-0.39, 0.29) is 41.4 Å². The van der Waals surface area contributed by atoms with E-state index in [2.05, 4.69) is 0 Å². The lowest BCUT2D eigenvalue weighted by Crippen LogP contribution is -2.17. The minimum atomic E-state index is -2.41. The summed E-state index contributed by atoms with van der Waals surface area (Å²) in [6.07, 6.45) is -3.24. The standard InChI is InChI=1S/C26H23F5O2/c1-3-5-14-6-10-19(18(27)12-14)33-13-15-7-8-16-17-9-11-20(32-4-2)24(29)22(17)26(31)25(30)21(16)23(15)28/h6-12,25-26H,3-5,13H2,1-2H3. The molecule has 0 spiro atoms. The number of hydrogen-bond donors (Lipinski definition) is 0. The van der Waals surface area contributed by atoms with Gasteiger partial charge < -0.3 is 9.47 Å². The quantitative estimate of drug-likeness (QED) is 0.335. The van der Waals surface area contributed by atoms with Gasteiger partial charge in [-0.1, -0.05) is 37.6 Å². The molecular weight excluding hydrogens is 439 g/mol. The fourth-order valence-electron chi connectivity index (χ4n) is 4.15. The molecule has 0 aromatic heterocycles. The first-order valence-corrected chi connectivity index (χ1v) is 10.8. The van der Waals surface area contributed by atoms with Crippen molar-refractivity contribution in [3.05, 3.63) is 82.2 Å². The molecule has 0 heterocycles. The third-order valence-corrected chi connectivity index (χ3v) is 5.72. The number of alkyl halides is 2. The minimum absolute atomic E-state index is 0.0597. The third-order valence-electron chi connectivity index (χ3n) is 5.72. The van der Waals surface area contributed by atoms with Crippen molar-refractivity contribution in [1.82, 2.24) is 0 Å². The summed E-state index contributed by atoms with van der Waals surface area (Å²) in [4.78, 5) is 0. The van der Waals surface area contributed by atoms with Crippen LogP contribution in [0, 0.1) is 17.5 Å². The monoisotopic (exact) mass is 462 g/mol. The molecule has 4 rings (SSSR count). The Morgan fingerprint density at radius 3 is 2.03 bits per heavy atom. The highest BCUT2D eigenvalue weighted by Crippen LogP contribution is 2.51. The molecule has 0 amide bonds. The van der Waals surface area contributed by atoms with Gasteiger partial charge >= 0.3 is 0 Å². The van der Waals surface area contributed by atoms with Crippen LogP contribution >= 0.6 is 0 Å². The number of hydrogen-bond acceptors (Lipinski definition) is 2. The first-order chi connectivity index (χ1) is 15.9. The lowest BCUT2D eigenvalue weighted by atomic mass is 9.81. The molecular formula is C26H23F5O2. The molecule has 1 aliphatic rings. The van der Waals surface area contributed by atoms with Gasteiger partial charge in [0.15, 0.2) is 35.5 Å². The largest absolute Gasteiger partial charge is 0.491 e. The molecule has 3 aromatic carbocycles. The topological polar surface area (TPSA) is 18.5 Å². The Bertz CT molecular complexity index is 1180. The van der Waals surface area contributed by atoms with Gasteiger partial charge in [-0.05, 0) is 48.2 Å². The Hall–Kier alpha value is -3.09. The highest BCUT2D eigenvalue weighted by Gasteiger charge is 2.40. The van der Waals surface area contributed by atoms with Crippen LogP contribution in [0.25, 0.3) is 11.1 Å². The molecule has 174 valence electrons. The van der Waals surface area contributed by atoms with E-state index in [1.807, 2.05) is 6.92 Å². The maximum atomic E-state index is 15.2. The van der Waals surface area contributed by atoms with Crippen molar-refractivity contribution in [3.8, 4) is 22.6 Å². The van der Waals surface area contributed by atoms with E-state index in [4.69, 9.17) is 9.47 Å². The first-order valence-electron chi connectivity index (χ1n) is 10.8. The Kier molecular flexibility index (Phi) is 6.58. The van der Waals surface area contributed by atoms with Crippen LogP contribution in [0.1, 0.15) is 54.9 Å². The van der Waals surface area contributed by atoms with E-state index < -0.39 is 40.9 Å². The SMILES string of the molecule is CCCc1ccc(OCc2ccc3c(c2F)C(F)C(F)c2c-3ccc(OCC)c2F)c(F)c1. The lowest BCUT2D eigenvalue weighted by Gasteiger charge is -2.28. The summed E-state index contributed by atoms with van der Waals surface area (Å²) in [5.74, 6) is -2.83. The zero-order chi connectivity index (χ0) is 23.7. The van der Waals surface area contributed by atoms with Crippen LogP contribution in [0.2, 0.25) is 0 Å². The Morgan fingerprint density at radius 2 is 1.39 bits per heavy atom. The van der Waals surface area contributed by atoms with Crippen LogP contribution in [0.4, 0.5) is 22.0 Å². The highest BCUT2D eigenvalue weighted by atomic mass is 19.2. The van der Waals surface area contributed by atoms with E-state index in [1.165, 1.54) is 36.4 Å². The summed E-state index contributed by atoms with van der Waals surface area (Å²) in [7, 11) is 0. The molecule has 0 aliphatic heterocycles. The molecule has 0 saturated heterocycles. The van der Waals surface area contributed by atoms with Crippen LogP contribution in [-0.2, 0) is 13.0 Å². The summed E-state index contributed by atoms with van der Waals surface area (Å²) < 4.78 is 84.8. The maximum absolute atomic E-state index is 15.2. The molecule has 0 N–H and O–H groups in total. The molecule has 0 fully saturated rings. The molecule has 0 radical (unpaired) electrons. The lowest BCUT2D eigenvalue weighted by molar-refractivity contribution is 0.158. The van der Waals surface area contributed by atoms with E-state index in [0.29, 0.717) is 6.42 Å². The zero-order valence-corrected chi connectivity index (χ0v) is 18.2. The number of rotatable bonds is 7. The normalized spacial score (nSPS) is 16.8. The van der Waals surface area contributed by atoms with Gasteiger partial charge in [-0.2, -0.15) is 0 Å². The van der Waals surface area contributed by atoms with E-state index in [9.17, 15) is 13.2 Å². The predicted molar refractivity (Wildman–Crippen MR) is 115 cm³/mol. The average Bonchev–Trinajstić information content (AvgIpc) is 2.79. The second-order valence-electron chi connectivity index (χ2n) is 7.88. The van der Waals surface area contributed by atoms with Gasteiger partial charge in [-0.3, -0.25) is 0 Å². The molecule has 7 heteroatoms. The Labute approximate surface area is 189 Å². The third kappa shape index (κ3) is 4.16. The number of fused-ring (bicyclic) bond motifs is 3. The number of benzene rings is 3. The van der Waals surface area contributed by atoms with Crippen LogP contribution in [-0.4, -0.2) is 6.61 Å². The van der Waals surface area contributed by atoms with Gasteiger partial charge in [0, 0.05) is 16.7 Å². The molecule has 3 aromatic rings. The average molecular weight is 462 g/mol. The fourth-order valence-corrected chi connectivity index (χ4v) is 4.15. The van der Waals surface area contributed by atoms with Gasteiger partial charge in [0.2, 0.25) is 0 Å². The fraction of sp³-hybridized carbons (Fsp3) is 0.308. The predicted octanol–water partition coefficient (Wildman–Crippen LogP) is 7.74. The van der Waals surface area contributed by atoms with Crippen LogP contribution in [0.5, 0.6) is 11.5 Å². The van der Waals surface area contributed by atoms with Crippen molar-refractivity contribution in [3.63, 3.8) is 0 Å². The minimum Gasteiger partial charge on any atom is -0.491 e. The van der Waals surface area contributed by atoms with E-state index >= 15 is 8.78 Å². The summed E-state index contributed by atoms with van der Waals surface area (Å²) >= 11 is 0. The van der Waals surface area contributed by atoms with Crippen LogP contribution < -0.4 is 9.47 Å². The summed E-state index contributed by atoms with van der Waals surface area (Å²) in [6, 6.07) is 9.99. The van der Waals surface area contributed by atoms with Crippen molar-refractivity contribution in [2.24, 2.45) is 0 Å².